The van der Waals surface area contributed by atoms with Gasteiger partial charge in [0.2, 0.25) is 5.91 Å². The Kier molecular flexibility index (Phi) is 19.5. The molecule has 148 valence electrons. The fraction of sp³-hybridized carbons (Fsp3) is 0.857. The van der Waals surface area contributed by atoms with Crippen molar-refractivity contribution in [2.24, 2.45) is 5.73 Å². The molecule has 25 heavy (non-hydrogen) atoms. The van der Waals surface area contributed by atoms with Crippen LogP contribution in [0.3, 0.4) is 0 Å². The summed E-state index contributed by atoms with van der Waals surface area (Å²) in [6.45, 7) is 3.13. The van der Waals surface area contributed by atoms with Crippen molar-refractivity contribution in [2.45, 2.75) is 103 Å². The highest BCUT2D eigenvalue weighted by molar-refractivity contribution is 7.80. The Labute approximate surface area is 162 Å². The van der Waals surface area contributed by atoms with Crippen molar-refractivity contribution in [2.75, 3.05) is 12.3 Å². The number of unbranched alkanes of at least 4 members (excludes halogenated alkanes) is 12. The van der Waals surface area contributed by atoms with Gasteiger partial charge in [-0.3, -0.25) is 4.79 Å². The first-order valence-electron chi connectivity index (χ1n) is 10.5. The van der Waals surface area contributed by atoms with E-state index in [-0.39, 0.29) is 11.9 Å². The first-order valence-corrected chi connectivity index (χ1v) is 11.1. The number of thiol groups is 1. The van der Waals surface area contributed by atoms with Gasteiger partial charge in [-0.05, 0) is 38.6 Å². The predicted molar refractivity (Wildman–Crippen MR) is 114 cm³/mol. The van der Waals surface area contributed by atoms with Crippen molar-refractivity contribution in [1.82, 2.24) is 5.32 Å². The molecule has 0 aromatic rings. The number of nitrogens with one attached hydrogen (secondary N) is 1. The summed E-state index contributed by atoms with van der Waals surface area (Å²) < 4.78 is 0. The van der Waals surface area contributed by atoms with Crippen LogP contribution in [-0.4, -0.2) is 24.2 Å². The number of rotatable bonds is 19. The van der Waals surface area contributed by atoms with E-state index in [4.69, 9.17) is 5.73 Å². The highest BCUT2D eigenvalue weighted by atomic mass is 32.1. The third kappa shape index (κ3) is 18.1. The van der Waals surface area contributed by atoms with Crippen LogP contribution in [0.15, 0.2) is 12.2 Å². The summed E-state index contributed by atoms with van der Waals surface area (Å²) in [5.41, 5.74) is 5.26. The Hall–Kier alpha value is -0.480. The maximum absolute atomic E-state index is 11.0. The van der Waals surface area contributed by atoms with E-state index in [1.165, 1.54) is 83.5 Å². The fourth-order valence-electron chi connectivity index (χ4n) is 2.90. The molecule has 0 bridgehead atoms. The summed E-state index contributed by atoms with van der Waals surface area (Å²) in [6, 6.07) is -0.286. The van der Waals surface area contributed by atoms with Gasteiger partial charge in [-0.2, -0.15) is 12.6 Å². The number of amides is 1. The van der Waals surface area contributed by atoms with Crippen molar-refractivity contribution in [3.05, 3.63) is 12.2 Å². The highest BCUT2D eigenvalue weighted by Gasteiger charge is 2.10. The SMILES string of the molecule is CCCCCCCCC=CCCCCCCCCN[C@@H](CS)C(N)=O. The molecule has 0 aromatic heterocycles. The van der Waals surface area contributed by atoms with E-state index in [2.05, 4.69) is 37.0 Å². The van der Waals surface area contributed by atoms with Crippen LogP contribution in [0.2, 0.25) is 0 Å². The zero-order chi connectivity index (χ0) is 18.6. The number of hydrogen-bond acceptors (Lipinski definition) is 3. The maximum Gasteiger partial charge on any atom is 0.235 e. The van der Waals surface area contributed by atoms with Crippen LogP contribution >= 0.6 is 12.6 Å². The van der Waals surface area contributed by atoms with Crippen molar-refractivity contribution in [3.8, 4) is 0 Å². The van der Waals surface area contributed by atoms with Gasteiger partial charge in [0.05, 0.1) is 6.04 Å². The van der Waals surface area contributed by atoms with Gasteiger partial charge in [0.25, 0.3) is 0 Å². The lowest BCUT2D eigenvalue weighted by molar-refractivity contribution is -0.119. The lowest BCUT2D eigenvalue weighted by atomic mass is 10.1. The summed E-state index contributed by atoms with van der Waals surface area (Å²) in [4.78, 5) is 11.0. The number of hydrogen-bond donors (Lipinski definition) is 3. The third-order valence-electron chi connectivity index (χ3n) is 4.61. The molecule has 0 fully saturated rings. The van der Waals surface area contributed by atoms with Crippen LogP contribution in [0.25, 0.3) is 0 Å². The first-order chi connectivity index (χ1) is 12.2. The van der Waals surface area contributed by atoms with Gasteiger partial charge in [0.1, 0.15) is 0 Å². The Morgan fingerprint density at radius 3 is 1.84 bits per heavy atom. The molecule has 0 aliphatic heterocycles. The number of nitrogens with two attached hydrogens (primary N) is 1. The largest absolute Gasteiger partial charge is 0.368 e. The van der Waals surface area contributed by atoms with Crippen LogP contribution < -0.4 is 11.1 Å². The molecule has 0 rings (SSSR count). The molecule has 0 aromatic carbocycles. The molecule has 0 aliphatic rings. The van der Waals surface area contributed by atoms with Gasteiger partial charge in [-0.1, -0.05) is 76.9 Å². The summed E-state index contributed by atoms with van der Waals surface area (Å²) in [5, 5.41) is 3.16. The molecular formula is C21H42N2OS. The first kappa shape index (κ1) is 24.5. The van der Waals surface area contributed by atoms with Gasteiger partial charge in [0, 0.05) is 5.75 Å². The second-order valence-electron chi connectivity index (χ2n) is 7.03. The molecule has 1 atom stereocenters. The number of primary amides is 1. The van der Waals surface area contributed by atoms with E-state index in [9.17, 15) is 4.79 Å². The number of carbonyl (C=O) groups excluding carboxylic acids is 1. The Morgan fingerprint density at radius 2 is 1.36 bits per heavy atom. The van der Waals surface area contributed by atoms with Crippen molar-refractivity contribution in [1.29, 1.82) is 0 Å². The highest BCUT2D eigenvalue weighted by Crippen LogP contribution is 2.09. The molecule has 3 N–H and O–H groups in total. The Balaban J connectivity index is 3.20. The third-order valence-corrected chi connectivity index (χ3v) is 4.97. The summed E-state index contributed by atoms with van der Waals surface area (Å²) >= 11 is 4.12. The van der Waals surface area contributed by atoms with Gasteiger partial charge in [-0.25, -0.2) is 0 Å². The normalized spacial score (nSPS) is 12.7. The van der Waals surface area contributed by atoms with Crippen LogP contribution in [0.1, 0.15) is 96.8 Å². The van der Waals surface area contributed by atoms with Gasteiger partial charge in [0.15, 0.2) is 0 Å². The van der Waals surface area contributed by atoms with E-state index in [0.717, 1.165) is 13.0 Å². The second-order valence-corrected chi connectivity index (χ2v) is 7.39. The molecule has 0 radical (unpaired) electrons. The molecule has 0 aliphatic carbocycles. The standard InChI is InChI=1S/C21H42N2OS/c1-2-3-4-5-6-7-8-9-10-11-12-13-14-15-16-17-18-23-20(19-25)21(22)24/h9-10,20,23,25H,2-8,11-19H2,1H3,(H2,22,24)/t20-/m0/s1. The average Bonchev–Trinajstić information content (AvgIpc) is 2.60. The molecular weight excluding hydrogens is 328 g/mol. The van der Waals surface area contributed by atoms with E-state index >= 15 is 0 Å². The molecule has 0 unspecified atom stereocenters. The maximum atomic E-state index is 11.0. The summed E-state index contributed by atoms with van der Waals surface area (Å²) in [7, 11) is 0. The fourth-order valence-corrected chi connectivity index (χ4v) is 3.21. The predicted octanol–water partition coefficient (Wildman–Crippen LogP) is 5.40. The molecule has 1 amide bonds. The molecule has 0 saturated carbocycles. The van der Waals surface area contributed by atoms with Gasteiger partial charge < -0.3 is 11.1 Å². The zero-order valence-electron chi connectivity index (χ0n) is 16.5. The minimum Gasteiger partial charge on any atom is -0.368 e. The van der Waals surface area contributed by atoms with E-state index in [0.29, 0.717) is 5.75 Å². The van der Waals surface area contributed by atoms with E-state index in [1.807, 2.05) is 0 Å². The Bertz CT molecular complexity index is 321. The summed E-state index contributed by atoms with van der Waals surface area (Å²) in [5.74, 6) is 0.168. The van der Waals surface area contributed by atoms with Crippen LogP contribution in [0.4, 0.5) is 0 Å². The van der Waals surface area contributed by atoms with Crippen LogP contribution in [0, 0.1) is 0 Å². The minimum atomic E-state index is -0.306. The Morgan fingerprint density at radius 1 is 0.880 bits per heavy atom. The van der Waals surface area contributed by atoms with Crippen molar-refractivity contribution < 1.29 is 4.79 Å². The zero-order valence-corrected chi connectivity index (χ0v) is 17.4. The number of carbonyl (C=O) groups is 1. The van der Waals surface area contributed by atoms with Gasteiger partial charge in [-0.15, -0.1) is 0 Å². The van der Waals surface area contributed by atoms with E-state index in [1.54, 1.807) is 0 Å². The average molecular weight is 371 g/mol. The lowest BCUT2D eigenvalue weighted by Gasteiger charge is -2.12. The summed E-state index contributed by atoms with van der Waals surface area (Å²) in [6.07, 6.45) is 23.1. The topological polar surface area (TPSA) is 55.1 Å². The quantitative estimate of drug-likeness (QED) is 0.162. The minimum absolute atomic E-state index is 0.286. The van der Waals surface area contributed by atoms with Crippen LogP contribution in [-0.2, 0) is 4.79 Å². The molecule has 0 spiro atoms. The molecule has 3 nitrogen and oxygen atoms in total. The monoisotopic (exact) mass is 370 g/mol. The molecule has 0 saturated heterocycles. The van der Waals surface area contributed by atoms with Crippen molar-refractivity contribution >= 4 is 18.5 Å². The number of allylic oxidation sites excluding steroid dienone is 2. The smallest absolute Gasteiger partial charge is 0.235 e. The second kappa shape index (κ2) is 19.8. The molecule has 4 heteroatoms. The van der Waals surface area contributed by atoms with Crippen LogP contribution in [0.5, 0.6) is 0 Å². The van der Waals surface area contributed by atoms with Gasteiger partial charge >= 0.3 is 0 Å². The van der Waals surface area contributed by atoms with E-state index < -0.39 is 0 Å². The molecule has 0 heterocycles. The lowest BCUT2D eigenvalue weighted by Crippen LogP contribution is -2.43. The van der Waals surface area contributed by atoms with Crippen molar-refractivity contribution in [3.63, 3.8) is 0 Å².